The number of amidine groups is 1. The number of allylic oxidation sites excluding steroid dienone is 2. The first-order valence-electron chi connectivity index (χ1n) is 13.8. The Bertz CT molecular complexity index is 1120. The van der Waals surface area contributed by atoms with Gasteiger partial charge in [0.25, 0.3) is 0 Å². The summed E-state index contributed by atoms with van der Waals surface area (Å²) in [5.41, 5.74) is 2.45. The standard InChI is InChI=1S/C31H37N3O2S/c1-4-18-34(19-5-1)20-21-35-26-14-8-23(9-15-26)22-36-27-16-12-25(13-17-27)30(24-10-11-24)33-31-32-28-6-2-3-7-29(28)37-31/h2-3,6-9,12-17,24,28-30H,1,4-5,10-11,18-22H2,(H,32,33). The minimum absolute atomic E-state index is 0.272. The zero-order valence-electron chi connectivity index (χ0n) is 21.4. The molecule has 6 rings (SSSR count). The second-order valence-electron chi connectivity index (χ2n) is 10.5. The van der Waals surface area contributed by atoms with Crippen LogP contribution in [0.25, 0.3) is 0 Å². The van der Waals surface area contributed by atoms with E-state index in [1.807, 2.05) is 11.8 Å². The van der Waals surface area contributed by atoms with Gasteiger partial charge in [0.1, 0.15) is 24.7 Å². The van der Waals surface area contributed by atoms with E-state index in [1.165, 1.54) is 50.8 Å². The van der Waals surface area contributed by atoms with Gasteiger partial charge in [-0.3, -0.25) is 9.89 Å². The van der Waals surface area contributed by atoms with Gasteiger partial charge in [0.2, 0.25) is 0 Å². The first-order chi connectivity index (χ1) is 18.3. The molecule has 1 saturated heterocycles. The zero-order chi connectivity index (χ0) is 24.9. The number of likely N-dealkylation sites (tertiary alicyclic amines) is 1. The number of hydrogen-bond donors (Lipinski definition) is 1. The fourth-order valence-electron chi connectivity index (χ4n) is 5.30. The van der Waals surface area contributed by atoms with E-state index in [1.54, 1.807) is 0 Å². The van der Waals surface area contributed by atoms with E-state index in [-0.39, 0.29) is 6.04 Å². The molecule has 1 saturated carbocycles. The predicted molar refractivity (Wildman–Crippen MR) is 152 cm³/mol. The number of benzene rings is 2. The summed E-state index contributed by atoms with van der Waals surface area (Å²) in [6, 6.07) is 17.5. The summed E-state index contributed by atoms with van der Waals surface area (Å²) in [7, 11) is 0. The maximum atomic E-state index is 6.09. The Kier molecular flexibility index (Phi) is 7.84. The maximum absolute atomic E-state index is 6.09. The van der Waals surface area contributed by atoms with Crippen LogP contribution >= 0.6 is 11.8 Å². The molecule has 3 atom stereocenters. The van der Waals surface area contributed by atoms with Crippen LogP contribution in [0.1, 0.15) is 49.3 Å². The zero-order valence-corrected chi connectivity index (χ0v) is 22.2. The maximum Gasteiger partial charge on any atom is 0.158 e. The summed E-state index contributed by atoms with van der Waals surface area (Å²) >= 11 is 1.85. The van der Waals surface area contributed by atoms with Crippen molar-refractivity contribution in [2.75, 3.05) is 26.2 Å². The molecule has 2 heterocycles. The monoisotopic (exact) mass is 515 g/mol. The Hall–Kier alpha value is -2.70. The van der Waals surface area contributed by atoms with E-state index < -0.39 is 0 Å². The number of rotatable bonds is 10. The van der Waals surface area contributed by atoms with Crippen LogP contribution in [0.5, 0.6) is 11.5 Å². The highest BCUT2D eigenvalue weighted by Crippen LogP contribution is 2.42. The molecule has 0 bridgehead atoms. The highest BCUT2D eigenvalue weighted by atomic mass is 32.2. The van der Waals surface area contributed by atoms with E-state index in [4.69, 9.17) is 14.5 Å². The Morgan fingerprint density at radius 2 is 1.62 bits per heavy atom. The van der Waals surface area contributed by atoms with Gasteiger partial charge in [-0.25, -0.2) is 0 Å². The second-order valence-corrected chi connectivity index (χ2v) is 11.7. The third-order valence-corrected chi connectivity index (χ3v) is 8.79. The van der Waals surface area contributed by atoms with Gasteiger partial charge in [-0.05, 0) is 80.1 Å². The van der Waals surface area contributed by atoms with E-state index >= 15 is 0 Å². The van der Waals surface area contributed by atoms with E-state index in [0.717, 1.165) is 35.4 Å². The molecule has 1 N–H and O–H groups in total. The Labute approximate surface area is 225 Å². The third-order valence-electron chi connectivity index (χ3n) is 7.64. The van der Waals surface area contributed by atoms with Crippen molar-refractivity contribution in [1.29, 1.82) is 0 Å². The second kappa shape index (κ2) is 11.8. The highest BCUT2D eigenvalue weighted by Gasteiger charge is 2.35. The summed E-state index contributed by atoms with van der Waals surface area (Å²) in [6.45, 7) is 4.74. The van der Waals surface area contributed by atoms with Crippen LogP contribution in [0.2, 0.25) is 0 Å². The molecule has 2 fully saturated rings. The molecule has 2 aliphatic carbocycles. The largest absolute Gasteiger partial charge is 0.492 e. The summed E-state index contributed by atoms with van der Waals surface area (Å²) in [6.07, 6.45) is 15.2. The Morgan fingerprint density at radius 3 is 2.38 bits per heavy atom. The van der Waals surface area contributed by atoms with Crippen molar-refractivity contribution in [3.05, 3.63) is 84.0 Å². The van der Waals surface area contributed by atoms with Crippen LogP contribution in [-0.4, -0.2) is 47.6 Å². The van der Waals surface area contributed by atoms with E-state index in [9.17, 15) is 0 Å². The predicted octanol–water partition coefficient (Wildman–Crippen LogP) is 6.14. The van der Waals surface area contributed by atoms with Crippen molar-refractivity contribution in [2.24, 2.45) is 10.9 Å². The summed E-state index contributed by atoms with van der Waals surface area (Å²) in [5.74, 6) is 2.51. The molecule has 0 aromatic heterocycles. The average molecular weight is 516 g/mol. The van der Waals surface area contributed by atoms with Gasteiger partial charge < -0.3 is 14.8 Å². The fourth-order valence-corrected chi connectivity index (χ4v) is 6.39. The third kappa shape index (κ3) is 6.60. The molecule has 2 aromatic carbocycles. The van der Waals surface area contributed by atoms with Gasteiger partial charge in [0, 0.05) is 6.54 Å². The van der Waals surface area contributed by atoms with Crippen molar-refractivity contribution in [2.45, 2.75) is 56.0 Å². The number of thioether (sulfide) groups is 1. The average Bonchev–Trinajstić information content (AvgIpc) is 3.71. The van der Waals surface area contributed by atoms with Crippen LogP contribution in [0.3, 0.4) is 0 Å². The number of aliphatic imine (C=N–C) groups is 1. The van der Waals surface area contributed by atoms with Gasteiger partial charge in [0.15, 0.2) is 5.17 Å². The lowest BCUT2D eigenvalue weighted by Gasteiger charge is -2.26. The van der Waals surface area contributed by atoms with Gasteiger partial charge in [-0.15, -0.1) is 0 Å². The number of nitrogens with one attached hydrogen (secondary N) is 1. The summed E-state index contributed by atoms with van der Waals surface area (Å²) in [4.78, 5) is 7.41. The van der Waals surface area contributed by atoms with Gasteiger partial charge in [-0.1, -0.05) is 66.8 Å². The quantitative estimate of drug-likeness (QED) is 0.412. The smallest absolute Gasteiger partial charge is 0.158 e. The van der Waals surface area contributed by atoms with Crippen LogP contribution in [0.15, 0.2) is 77.8 Å². The molecule has 37 heavy (non-hydrogen) atoms. The molecular formula is C31H37N3O2S. The number of nitrogens with zero attached hydrogens (tertiary/aromatic N) is 2. The van der Waals surface area contributed by atoms with E-state index in [2.05, 4.69) is 83.1 Å². The van der Waals surface area contributed by atoms with Gasteiger partial charge in [0.05, 0.1) is 17.3 Å². The lowest BCUT2D eigenvalue weighted by molar-refractivity contribution is 0.183. The molecule has 3 unspecified atom stereocenters. The van der Waals surface area contributed by atoms with Crippen LogP contribution in [0.4, 0.5) is 0 Å². The molecule has 0 radical (unpaired) electrons. The van der Waals surface area contributed by atoms with E-state index in [0.29, 0.717) is 23.8 Å². The Morgan fingerprint density at radius 1 is 0.892 bits per heavy atom. The molecule has 2 aromatic rings. The van der Waals surface area contributed by atoms with Gasteiger partial charge in [-0.2, -0.15) is 0 Å². The van der Waals surface area contributed by atoms with Crippen LogP contribution < -0.4 is 14.8 Å². The molecule has 5 nitrogen and oxygen atoms in total. The molecular weight excluding hydrogens is 478 g/mol. The molecule has 4 aliphatic rings. The molecule has 6 heteroatoms. The normalized spacial score (nSPS) is 23.8. The van der Waals surface area contributed by atoms with Crippen molar-refractivity contribution in [3.63, 3.8) is 0 Å². The van der Waals surface area contributed by atoms with Crippen molar-refractivity contribution >= 4 is 16.9 Å². The molecule has 0 spiro atoms. The van der Waals surface area contributed by atoms with Crippen molar-refractivity contribution < 1.29 is 9.47 Å². The first kappa shape index (κ1) is 24.6. The summed E-state index contributed by atoms with van der Waals surface area (Å²) in [5, 5.41) is 5.26. The van der Waals surface area contributed by atoms with Crippen LogP contribution in [0, 0.1) is 5.92 Å². The number of piperidine rings is 1. The highest BCUT2D eigenvalue weighted by molar-refractivity contribution is 8.14. The van der Waals surface area contributed by atoms with Crippen molar-refractivity contribution in [3.8, 4) is 11.5 Å². The lowest BCUT2D eigenvalue weighted by Crippen LogP contribution is -2.33. The van der Waals surface area contributed by atoms with Gasteiger partial charge >= 0.3 is 0 Å². The summed E-state index contributed by atoms with van der Waals surface area (Å²) < 4.78 is 12.0. The van der Waals surface area contributed by atoms with Crippen molar-refractivity contribution in [1.82, 2.24) is 10.2 Å². The molecule has 194 valence electrons. The number of hydrogen-bond acceptors (Lipinski definition) is 6. The van der Waals surface area contributed by atoms with Crippen LogP contribution in [-0.2, 0) is 6.61 Å². The first-order valence-corrected chi connectivity index (χ1v) is 14.7. The topological polar surface area (TPSA) is 46.1 Å². The number of fused-ring (bicyclic) bond motifs is 1. The minimum Gasteiger partial charge on any atom is -0.492 e. The molecule has 2 aliphatic heterocycles. The lowest BCUT2D eigenvalue weighted by atomic mass is 10.0. The Balaban J connectivity index is 0.979. The SMILES string of the molecule is C1=CC2N=C(NC(c3ccc(OCc4ccc(OCCN5CCCCC5)cc4)cc3)C3CC3)SC2C=C1. The minimum atomic E-state index is 0.272. The molecule has 0 amide bonds. The number of ether oxygens (including phenoxy) is 2. The fraction of sp³-hybridized carbons (Fsp3) is 0.452.